The van der Waals surface area contributed by atoms with Gasteiger partial charge in [0.15, 0.2) is 0 Å². The number of amides is 2. The maximum atomic E-state index is 13.6. The Kier molecular flexibility index (Phi) is 7.00. The van der Waals surface area contributed by atoms with Crippen LogP contribution < -0.4 is 4.74 Å². The van der Waals surface area contributed by atoms with Crippen molar-refractivity contribution in [2.75, 3.05) is 33.3 Å². The van der Waals surface area contributed by atoms with E-state index >= 15 is 0 Å². The highest BCUT2D eigenvalue weighted by molar-refractivity contribution is 8.18. The van der Waals surface area contributed by atoms with E-state index in [2.05, 4.69) is 10.00 Å². The lowest BCUT2D eigenvalue weighted by Gasteiger charge is -2.18. The van der Waals surface area contributed by atoms with E-state index in [4.69, 9.17) is 4.74 Å². The summed E-state index contributed by atoms with van der Waals surface area (Å²) in [6, 6.07) is 9.18. The van der Waals surface area contributed by atoms with Crippen molar-refractivity contribution in [3.63, 3.8) is 0 Å². The van der Waals surface area contributed by atoms with E-state index in [0.717, 1.165) is 43.8 Å². The van der Waals surface area contributed by atoms with E-state index in [0.29, 0.717) is 34.5 Å². The third kappa shape index (κ3) is 5.37. The molecule has 37 heavy (non-hydrogen) atoms. The van der Waals surface area contributed by atoms with Crippen molar-refractivity contribution in [3.8, 4) is 5.75 Å². The molecule has 11 heteroatoms. The number of likely N-dealkylation sites (tertiary alicyclic amines) is 1. The van der Waals surface area contributed by atoms with Gasteiger partial charge in [-0.15, -0.1) is 0 Å². The zero-order valence-corrected chi connectivity index (χ0v) is 20.9. The first kappa shape index (κ1) is 25.3. The fourth-order valence-corrected chi connectivity index (χ4v) is 5.52. The van der Waals surface area contributed by atoms with Gasteiger partial charge in [-0.3, -0.25) is 19.2 Å². The summed E-state index contributed by atoms with van der Waals surface area (Å²) in [6.07, 6.45) is 1.00. The van der Waals surface area contributed by atoms with Gasteiger partial charge in [-0.05, 0) is 79.2 Å². The van der Waals surface area contributed by atoms with Crippen LogP contribution in [0.2, 0.25) is 0 Å². The van der Waals surface area contributed by atoms with Gasteiger partial charge in [0.25, 0.3) is 11.1 Å². The van der Waals surface area contributed by atoms with Crippen LogP contribution in [0.25, 0.3) is 17.0 Å². The summed E-state index contributed by atoms with van der Waals surface area (Å²) in [5.74, 6) is -0.171. The molecule has 0 atom stereocenters. The normalized spacial score (nSPS) is 18.1. The second-order valence-electron chi connectivity index (χ2n) is 9.02. The third-order valence-corrected chi connectivity index (χ3v) is 7.53. The lowest BCUT2D eigenvalue weighted by molar-refractivity contribution is -0.138. The summed E-state index contributed by atoms with van der Waals surface area (Å²) in [5.41, 5.74) is 0.662. The molecule has 7 nitrogen and oxygen atoms in total. The molecule has 0 spiro atoms. The van der Waals surface area contributed by atoms with Crippen LogP contribution in [-0.4, -0.2) is 64.0 Å². The molecule has 3 heterocycles. The van der Waals surface area contributed by atoms with Crippen molar-refractivity contribution in [2.45, 2.75) is 25.6 Å². The first-order valence-electron chi connectivity index (χ1n) is 11.9. The maximum absolute atomic E-state index is 13.6. The molecule has 2 saturated heterocycles. The second kappa shape index (κ2) is 10.2. The molecule has 1 aromatic heterocycles. The number of methoxy groups -OCH3 is 1. The molecule has 2 aliphatic heterocycles. The summed E-state index contributed by atoms with van der Waals surface area (Å²) >= 11 is 0.921. The van der Waals surface area contributed by atoms with Crippen molar-refractivity contribution in [2.24, 2.45) is 0 Å². The maximum Gasteiger partial charge on any atom is 0.416 e. The molecular formula is C26H25F3N4O3S. The number of carbonyl (C=O) groups is 2. The second-order valence-corrected chi connectivity index (χ2v) is 10.0. The van der Waals surface area contributed by atoms with Gasteiger partial charge in [0.05, 0.1) is 35.8 Å². The first-order valence-corrected chi connectivity index (χ1v) is 12.7. The van der Waals surface area contributed by atoms with Crippen LogP contribution in [0.4, 0.5) is 18.0 Å². The minimum Gasteiger partial charge on any atom is -0.497 e. The Bertz CT molecular complexity index is 1380. The lowest BCUT2D eigenvalue weighted by atomic mass is 10.1. The number of alkyl halides is 3. The van der Waals surface area contributed by atoms with Gasteiger partial charge in [0, 0.05) is 18.5 Å². The third-order valence-electron chi connectivity index (χ3n) is 6.62. The fourth-order valence-electron chi connectivity index (χ4n) is 4.66. The van der Waals surface area contributed by atoms with E-state index in [9.17, 15) is 22.8 Å². The van der Waals surface area contributed by atoms with Crippen molar-refractivity contribution in [1.82, 2.24) is 19.6 Å². The van der Waals surface area contributed by atoms with E-state index < -0.39 is 11.7 Å². The number of hydrogen-bond acceptors (Lipinski definition) is 6. The molecular weight excluding hydrogens is 505 g/mol. The number of halogens is 3. The molecule has 2 aromatic carbocycles. The minimum atomic E-state index is -4.53. The van der Waals surface area contributed by atoms with Crippen molar-refractivity contribution in [1.29, 1.82) is 0 Å². The highest BCUT2D eigenvalue weighted by Gasteiger charge is 2.35. The van der Waals surface area contributed by atoms with Crippen LogP contribution in [0, 0.1) is 0 Å². The van der Waals surface area contributed by atoms with Crippen LogP contribution in [0.1, 0.15) is 29.5 Å². The van der Waals surface area contributed by atoms with Crippen molar-refractivity contribution < 1.29 is 27.5 Å². The Morgan fingerprint density at radius 2 is 1.86 bits per heavy atom. The van der Waals surface area contributed by atoms with E-state index in [1.807, 2.05) is 0 Å². The molecule has 2 amide bonds. The number of ether oxygens (including phenoxy) is 1. The average molecular weight is 531 g/mol. The summed E-state index contributed by atoms with van der Waals surface area (Å²) in [7, 11) is 1.32. The molecule has 0 N–H and O–H groups in total. The Hall–Kier alpha value is -3.31. The number of fused-ring (bicyclic) bond motifs is 1. The largest absolute Gasteiger partial charge is 0.497 e. The molecule has 0 unspecified atom stereocenters. The van der Waals surface area contributed by atoms with Gasteiger partial charge >= 0.3 is 6.18 Å². The van der Waals surface area contributed by atoms with Crippen LogP contribution in [0.15, 0.2) is 47.5 Å². The van der Waals surface area contributed by atoms with Crippen molar-refractivity contribution >= 4 is 39.9 Å². The van der Waals surface area contributed by atoms with Gasteiger partial charge < -0.3 is 9.64 Å². The number of benzene rings is 2. The molecule has 3 aromatic rings. The quantitative estimate of drug-likeness (QED) is 0.389. The summed E-state index contributed by atoms with van der Waals surface area (Å²) in [4.78, 5) is 29.2. The van der Waals surface area contributed by atoms with Gasteiger partial charge in [-0.25, -0.2) is 0 Å². The molecule has 0 bridgehead atoms. The Labute approximate surface area is 215 Å². The Morgan fingerprint density at radius 3 is 2.59 bits per heavy atom. The molecule has 0 saturated carbocycles. The number of carbonyl (C=O) groups excluding carboxylic acids is 2. The number of hydrogen-bond donors (Lipinski definition) is 0. The fraction of sp³-hybridized carbons (Fsp3) is 0.346. The number of imide groups is 1. The van der Waals surface area contributed by atoms with Gasteiger partial charge in [0.1, 0.15) is 5.75 Å². The molecule has 2 fully saturated rings. The van der Waals surface area contributed by atoms with E-state index in [1.165, 1.54) is 28.8 Å². The molecule has 0 radical (unpaired) electrons. The van der Waals surface area contributed by atoms with Crippen molar-refractivity contribution in [3.05, 3.63) is 64.2 Å². The Balaban J connectivity index is 1.34. The highest BCUT2D eigenvalue weighted by atomic mass is 32.2. The zero-order chi connectivity index (χ0) is 26.2. The molecule has 0 aliphatic carbocycles. The van der Waals surface area contributed by atoms with Gasteiger partial charge in [-0.2, -0.15) is 18.3 Å². The van der Waals surface area contributed by atoms with E-state index in [1.54, 1.807) is 30.5 Å². The lowest BCUT2D eigenvalue weighted by Crippen LogP contribution is -2.36. The van der Waals surface area contributed by atoms with Crippen LogP contribution in [0.3, 0.4) is 0 Å². The Morgan fingerprint density at radius 1 is 1.08 bits per heavy atom. The summed E-state index contributed by atoms with van der Waals surface area (Å²) in [5, 5.41) is 4.73. The van der Waals surface area contributed by atoms with Crippen LogP contribution in [0.5, 0.6) is 5.75 Å². The average Bonchev–Trinajstić information content (AvgIpc) is 3.58. The molecule has 2 aliphatic rings. The topological polar surface area (TPSA) is 67.7 Å². The monoisotopic (exact) mass is 530 g/mol. The smallest absolute Gasteiger partial charge is 0.416 e. The molecule has 194 valence electrons. The zero-order valence-electron chi connectivity index (χ0n) is 20.1. The number of rotatable bonds is 7. The highest BCUT2D eigenvalue weighted by Crippen LogP contribution is 2.36. The summed E-state index contributed by atoms with van der Waals surface area (Å²) < 4.78 is 47.3. The van der Waals surface area contributed by atoms with E-state index in [-0.39, 0.29) is 29.0 Å². The van der Waals surface area contributed by atoms with Gasteiger partial charge in [0.2, 0.25) is 0 Å². The number of aromatic nitrogens is 2. The SMILES string of the molecule is COc1ccc(Cn2ncc3cc(C=C4SC(=O)N(CCN5CCCC5)C4=O)ccc32)c(C(F)(F)F)c1. The van der Waals surface area contributed by atoms with Crippen LogP contribution >= 0.6 is 11.8 Å². The van der Waals surface area contributed by atoms with Gasteiger partial charge in [-0.1, -0.05) is 12.1 Å². The number of thioether (sulfide) groups is 1. The first-order chi connectivity index (χ1) is 17.7. The molecule has 5 rings (SSSR count). The standard InChI is InChI=1S/C26H25F3N4O3S/c1-36-20-6-5-18(21(14-20)26(27,28)29)16-33-22-7-4-17(12-19(22)15-30-33)13-23-24(34)32(25(35)37-23)11-10-31-8-2-3-9-31/h4-7,12-15H,2-3,8-11,16H2,1H3. The predicted molar refractivity (Wildman–Crippen MR) is 135 cm³/mol. The minimum absolute atomic E-state index is 0.0718. The number of nitrogens with zero attached hydrogens (tertiary/aromatic N) is 4. The summed E-state index contributed by atoms with van der Waals surface area (Å²) in [6.45, 7) is 2.98. The predicted octanol–water partition coefficient (Wildman–Crippen LogP) is 5.24. The van der Waals surface area contributed by atoms with Crippen LogP contribution in [-0.2, 0) is 17.5 Å².